The van der Waals surface area contributed by atoms with Crippen molar-refractivity contribution in [1.82, 2.24) is 10.3 Å². The molecule has 1 aromatic heterocycles. The van der Waals surface area contributed by atoms with Crippen LogP contribution in [0.3, 0.4) is 0 Å². The number of sulfone groups is 1. The van der Waals surface area contributed by atoms with Gasteiger partial charge in [-0.05, 0) is 31.5 Å². The van der Waals surface area contributed by atoms with Crippen LogP contribution < -0.4 is 5.32 Å². The molecule has 2 rings (SSSR count). The molecule has 1 atom stereocenters. The Morgan fingerprint density at radius 2 is 2.31 bits per heavy atom. The molecule has 2 heterocycles. The van der Waals surface area contributed by atoms with Gasteiger partial charge in [-0.25, -0.2) is 8.42 Å². The van der Waals surface area contributed by atoms with Gasteiger partial charge >= 0.3 is 0 Å². The van der Waals surface area contributed by atoms with E-state index in [9.17, 15) is 8.42 Å². The summed E-state index contributed by atoms with van der Waals surface area (Å²) in [5, 5.41) is 2.88. The summed E-state index contributed by atoms with van der Waals surface area (Å²) in [6.45, 7) is 1.50. The quantitative estimate of drug-likeness (QED) is 0.847. The van der Waals surface area contributed by atoms with Crippen LogP contribution in [0.5, 0.6) is 0 Å². The lowest BCUT2D eigenvalue weighted by atomic mass is 10.2. The van der Waals surface area contributed by atoms with E-state index < -0.39 is 9.84 Å². The molecule has 1 aliphatic rings. The van der Waals surface area contributed by atoms with Gasteiger partial charge in [0.25, 0.3) is 0 Å². The van der Waals surface area contributed by atoms with Crippen molar-refractivity contribution < 1.29 is 8.42 Å². The molecule has 0 spiro atoms. The zero-order chi connectivity index (χ0) is 11.4. The smallest absolute Gasteiger partial charge is 0.160 e. The van der Waals surface area contributed by atoms with E-state index in [1.54, 1.807) is 18.3 Å². The van der Waals surface area contributed by atoms with Gasteiger partial charge in [0.2, 0.25) is 0 Å². The number of hydrogen-bond acceptors (Lipinski definition) is 4. The molecule has 0 saturated carbocycles. The van der Waals surface area contributed by atoms with Gasteiger partial charge in [-0.1, -0.05) is 6.07 Å². The van der Waals surface area contributed by atoms with E-state index in [0.717, 1.165) is 19.4 Å². The molecule has 0 radical (unpaired) electrons. The van der Waals surface area contributed by atoms with E-state index in [1.165, 1.54) is 0 Å². The number of piperidine rings is 1. The molecule has 0 bridgehead atoms. The van der Waals surface area contributed by atoms with Gasteiger partial charge in [-0.15, -0.1) is 0 Å². The minimum Gasteiger partial charge on any atom is -0.315 e. The van der Waals surface area contributed by atoms with Gasteiger partial charge in [0.05, 0.1) is 16.7 Å². The minimum atomic E-state index is -3.06. The van der Waals surface area contributed by atoms with E-state index in [4.69, 9.17) is 0 Å². The Balaban J connectivity index is 2.08. The molecule has 1 aliphatic heterocycles. The highest BCUT2D eigenvalue weighted by Crippen LogP contribution is 2.15. The van der Waals surface area contributed by atoms with Gasteiger partial charge in [0, 0.05) is 12.7 Å². The Kier molecular flexibility index (Phi) is 3.56. The first-order chi connectivity index (χ1) is 7.68. The lowest BCUT2D eigenvalue weighted by molar-refractivity contribution is 0.496. The van der Waals surface area contributed by atoms with Crippen molar-refractivity contribution in [2.45, 2.75) is 23.8 Å². The first-order valence-corrected chi connectivity index (χ1v) is 7.22. The third kappa shape index (κ3) is 2.80. The number of rotatable bonds is 3. The summed E-state index contributed by atoms with van der Waals surface area (Å²) in [7, 11) is -3.06. The average Bonchev–Trinajstić information content (AvgIpc) is 2.31. The Hall–Kier alpha value is -0.940. The number of aromatic nitrogens is 1. The van der Waals surface area contributed by atoms with Crippen LogP contribution in [-0.4, -0.2) is 31.7 Å². The molecule has 0 unspecified atom stereocenters. The van der Waals surface area contributed by atoms with E-state index >= 15 is 0 Å². The molecule has 0 aromatic carbocycles. The topological polar surface area (TPSA) is 59.1 Å². The number of hydrogen-bond donors (Lipinski definition) is 1. The van der Waals surface area contributed by atoms with E-state index in [0.29, 0.717) is 12.2 Å². The Morgan fingerprint density at radius 1 is 1.44 bits per heavy atom. The van der Waals surface area contributed by atoms with Gasteiger partial charge in [0.15, 0.2) is 9.84 Å². The molecule has 0 amide bonds. The average molecular weight is 240 g/mol. The summed E-state index contributed by atoms with van der Waals surface area (Å²) >= 11 is 0. The normalized spacial score (nSPS) is 21.9. The molecule has 4 nitrogen and oxygen atoms in total. The van der Waals surface area contributed by atoms with Crippen molar-refractivity contribution in [3.8, 4) is 0 Å². The van der Waals surface area contributed by atoms with Gasteiger partial charge in [-0.2, -0.15) is 0 Å². The zero-order valence-corrected chi connectivity index (χ0v) is 9.91. The summed E-state index contributed by atoms with van der Waals surface area (Å²) < 4.78 is 24.2. The molecular formula is C11H16N2O2S. The number of pyridine rings is 1. The van der Waals surface area contributed by atoms with E-state index in [2.05, 4.69) is 10.3 Å². The van der Waals surface area contributed by atoms with Gasteiger partial charge < -0.3 is 5.32 Å². The summed E-state index contributed by atoms with van der Waals surface area (Å²) in [5.74, 6) is 0.0557. The van der Waals surface area contributed by atoms with Crippen LogP contribution in [0.25, 0.3) is 0 Å². The van der Waals surface area contributed by atoms with Gasteiger partial charge in [0.1, 0.15) is 0 Å². The third-order valence-corrected chi connectivity index (χ3v) is 4.95. The molecule has 1 N–H and O–H groups in total. The van der Waals surface area contributed by atoms with Crippen molar-refractivity contribution in [1.29, 1.82) is 0 Å². The van der Waals surface area contributed by atoms with E-state index in [-0.39, 0.29) is 11.0 Å². The fraction of sp³-hybridized carbons (Fsp3) is 0.545. The second kappa shape index (κ2) is 4.93. The monoisotopic (exact) mass is 240 g/mol. The van der Waals surface area contributed by atoms with Crippen molar-refractivity contribution in [2.24, 2.45) is 0 Å². The molecule has 88 valence electrons. The van der Waals surface area contributed by atoms with Crippen molar-refractivity contribution in [3.05, 3.63) is 30.1 Å². The highest BCUT2D eigenvalue weighted by Gasteiger charge is 2.27. The van der Waals surface area contributed by atoms with Crippen LogP contribution in [0.15, 0.2) is 24.4 Å². The van der Waals surface area contributed by atoms with Crippen LogP contribution in [0.2, 0.25) is 0 Å². The summed E-state index contributed by atoms with van der Waals surface area (Å²) in [5.41, 5.74) is 0.632. The predicted molar refractivity (Wildman–Crippen MR) is 62.8 cm³/mol. The summed E-state index contributed by atoms with van der Waals surface area (Å²) in [6.07, 6.45) is 3.33. The molecule has 0 aliphatic carbocycles. The molecule has 5 heteroatoms. The minimum absolute atomic E-state index is 0.0557. The Morgan fingerprint density at radius 3 is 2.94 bits per heavy atom. The first kappa shape index (κ1) is 11.5. The van der Waals surface area contributed by atoms with Crippen molar-refractivity contribution in [3.63, 3.8) is 0 Å². The molecular weight excluding hydrogens is 224 g/mol. The Bertz CT molecular complexity index is 425. The van der Waals surface area contributed by atoms with Crippen LogP contribution in [0.1, 0.15) is 18.5 Å². The van der Waals surface area contributed by atoms with E-state index in [1.807, 2.05) is 6.07 Å². The maximum Gasteiger partial charge on any atom is 0.160 e. The van der Waals surface area contributed by atoms with Crippen LogP contribution >= 0.6 is 0 Å². The van der Waals surface area contributed by atoms with Crippen molar-refractivity contribution in [2.75, 3.05) is 13.1 Å². The predicted octanol–water partition coefficient (Wildman–Crippen LogP) is 0.748. The standard InChI is InChI=1S/C11H16N2O2S/c14-16(15,11-5-3-6-12-8-11)9-10-4-1-2-7-13-10/h1-2,4,7,11-12H,3,5-6,8-9H2/t11-/m0/s1. The lowest BCUT2D eigenvalue weighted by Crippen LogP contribution is -2.39. The number of nitrogens with one attached hydrogen (secondary N) is 1. The van der Waals surface area contributed by atoms with Gasteiger partial charge in [-0.3, -0.25) is 4.98 Å². The third-order valence-electron chi connectivity index (χ3n) is 2.83. The lowest BCUT2D eigenvalue weighted by Gasteiger charge is -2.22. The largest absolute Gasteiger partial charge is 0.315 e. The van der Waals surface area contributed by atoms with Crippen LogP contribution in [-0.2, 0) is 15.6 Å². The molecule has 1 saturated heterocycles. The first-order valence-electron chi connectivity index (χ1n) is 5.51. The fourth-order valence-electron chi connectivity index (χ4n) is 1.93. The SMILES string of the molecule is O=S(=O)(Cc1ccccn1)[C@H]1CCCNC1. The second-order valence-electron chi connectivity index (χ2n) is 4.10. The Labute approximate surface area is 96.0 Å². The van der Waals surface area contributed by atoms with Crippen molar-refractivity contribution >= 4 is 9.84 Å². The highest BCUT2D eigenvalue weighted by molar-refractivity contribution is 7.91. The fourth-order valence-corrected chi connectivity index (χ4v) is 3.65. The maximum absolute atomic E-state index is 12.1. The summed E-state index contributed by atoms with van der Waals surface area (Å²) in [4.78, 5) is 4.06. The van der Waals surface area contributed by atoms with Crippen LogP contribution in [0.4, 0.5) is 0 Å². The molecule has 1 fully saturated rings. The second-order valence-corrected chi connectivity index (χ2v) is 6.38. The molecule has 1 aromatic rings. The maximum atomic E-state index is 12.1. The number of nitrogens with zero attached hydrogens (tertiary/aromatic N) is 1. The highest BCUT2D eigenvalue weighted by atomic mass is 32.2. The zero-order valence-electron chi connectivity index (χ0n) is 9.09. The summed E-state index contributed by atoms with van der Waals surface area (Å²) in [6, 6.07) is 5.36. The van der Waals surface area contributed by atoms with Crippen LogP contribution in [0, 0.1) is 0 Å². The molecule has 16 heavy (non-hydrogen) atoms.